The van der Waals surface area contributed by atoms with Crippen molar-refractivity contribution >= 4 is 15.9 Å². The van der Waals surface area contributed by atoms with Crippen molar-refractivity contribution in [2.24, 2.45) is 5.73 Å². The summed E-state index contributed by atoms with van der Waals surface area (Å²) in [7, 11) is 1.62. The highest BCUT2D eigenvalue weighted by Crippen LogP contribution is 2.24. The smallest absolute Gasteiger partial charge is 0.126 e. The first-order valence-corrected chi connectivity index (χ1v) is 7.18. The zero-order chi connectivity index (χ0) is 14.5. The summed E-state index contributed by atoms with van der Waals surface area (Å²) < 4.78 is 20.1. The fraction of sp³-hybridized carbons (Fsp3) is 0.250. The third-order valence-corrected chi connectivity index (χ3v) is 3.73. The molecule has 2 N–H and O–H groups in total. The SMILES string of the molecule is COC(c1ccccc1)C(N)Cc1cc(Br)ccc1F. The number of rotatable bonds is 5. The summed E-state index contributed by atoms with van der Waals surface area (Å²) in [6.07, 6.45) is 0.160. The Bertz CT molecular complexity index is 562. The third-order valence-electron chi connectivity index (χ3n) is 3.23. The van der Waals surface area contributed by atoms with Crippen LogP contribution in [0.3, 0.4) is 0 Å². The van der Waals surface area contributed by atoms with Crippen molar-refractivity contribution in [1.29, 1.82) is 0 Å². The third kappa shape index (κ3) is 3.66. The van der Waals surface area contributed by atoms with E-state index in [0.29, 0.717) is 12.0 Å². The fourth-order valence-corrected chi connectivity index (χ4v) is 2.67. The Kier molecular flexibility index (Phi) is 5.29. The summed E-state index contributed by atoms with van der Waals surface area (Å²) in [5.41, 5.74) is 7.79. The summed E-state index contributed by atoms with van der Waals surface area (Å²) in [4.78, 5) is 0. The van der Waals surface area contributed by atoms with Crippen LogP contribution < -0.4 is 5.73 Å². The number of nitrogens with two attached hydrogens (primary N) is 1. The molecular weight excluding hydrogens is 321 g/mol. The Morgan fingerprint density at radius 1 is 1.20 bits per heavy atom. The van der Waals surface area contributed by atoms with Crippen molar-refractivity contribution in [3.63, 3.8) is 0 Å². The van der Waals surface area contributed by atoms with E-state index in [1.165, 1.54) is 6.07 Å². The monoisotopic (exact) mass is 337 g/mol. The van der Waals surface area contributed by atoms with Crippen LogP contribution in [0.2, 0.25) is 0 Å². The molecule has 2 unspecified atom stereocenters. The number of hydrogen-bond donors (Lipinski definition) is 1. The second-order valence-electron chi connectivity index (χ2n) is 4.67. The molecule has 0 heterocycles. The van der Waals surface area contributed by atoms with Gasteiger partial charge in [0.05, 0.1) is 6.10 Å². The van der Waals surface area contributed by atoms with Gasteiger partial charge < -0.3 is 10.5 Å². The molecule has 0 saturated heterocycles. The molecule has 20 heavy (non-hydrogen) atoms. The van der Waals surface area contributed by atoms with Crippen molar-refractivity contribution < 1.29 is 9.13 Å². The van der Waals surface area contributed by atoms with E-state index >= 15 is 0 Å². The van der Waals surface area contributed by atoms with Crippen LogP contribution in [0.25, 0.3) is 0 Å². The van der Waals surface area contributed by atoms with Crippen LogP contribution in [0.15, 0.2) is 53.0 Å². The van der Waals surface area contributed by atoms with E-state index < -0.39 is 0 Å². The van der Waals surface area contributed by atoms with E-state index in [2.05, 4.69) is 15.9 Å². The normalized spacial score (nSPS) is 14.0. The van der Waals surface area contributed by atoms with Gasteiger partial charge in [-0.05, 0) is 35.7 Å². The van der Waals surface area contributed by atoms with E-state index in [4.69, 9.17) is 10.5 Å². The molecule has 0 aliphatic rings. The van der Waals surface area contributed by atoms with Gasteiger partial charge in [-0.3, -0.25) is 0 Å². The van der Waals surface area contributed by atoms with Gasteiger partial charge >= 0.3 is 0 Å². The highest BCUT2D eigenvalue weighted by atomic mass is 79.9. The average Bonchev–Trinajstić information content (AvgIpc) is 2.45. The Morgan fingerprint density at radius 2 is 1.90 bits per heavy atom. The van der Waals surface area contributed by atoms with E-state index in [9.17, 15) is 4.39 Å². The zero-order valence-electron chi connectivity index (χ0n) is 11.2. The molecule has 0 radical (unpaired) electrons. The second-order valence-corrected chi connectivity index (χ2v) is 5.59. The molecule has 0 saturated carbocycles. The fourth-order valence-electron chi connectivity index (χ4n) is 2.26. The maximum atomic E-state index is 13.8. The Hall–Kier alpha value is -1.23. The van der Waals surface area contributed by atoms with Crippen molar-refractivity contribution in [3.8, 4) is 0 Å². The summed E-state index contributed by atoms with van der Waals surface area (Å²) in [6, 6.07) is 14.3. The first kappa shape index (κ1) is 15.2. The standard InChI is InChI=1S/C16H17BrFNO/c1-20-16(11-5-3-2-4-6-11)15(19)10-12-9-13(17)7-8-14(12)18/h2-9,15-16H,10,19H2,1H3. The van der Waals surface area contributed by atoms with Crippen molar-refractivity contribution in [1.82, 2.24) is 0 Å². The lowest BCUT2D eigenvalue weighted by molar-refractivity contribution is 0.0800. The highest BCUT2D eigenvalue weighted by molar-refractivity contribution is 9.10. The molecule has 106 valence electrons. The molecule has 2 aromatic carbocycles. The summed E-state index contributed by atoms with van der Waals surface area (Å²) in [6.45, 7) is 0. The maximum Gasteiger partial charge on any atom is 0.126 e. The average molecular weight is 338 g/mol. The highest BCUT2D eigenvalue weighted by Gasteiger charge is 2.20. The van der Waals surface area contributed by atoms with Crippen LogP contribution in [0.5, 0.6) is 0 Å². The Balaban J connectivity index is 2.17. The predicted molar refractivity (Wildman–Crippen MR) is 82.0 cm³/mol. The molecule has 0 amide bonds. The largest absolute Gasteiger partial charge is 0.375 e. The van der Waals surface area contributed by atoms with E-state index in [0.717, 1.165) is 10.0 Å². The van der Waals surface area contributed by atoms with Gasteiger partial charge in [-0.25, -0.2) is 4.39 Å². The van der Waals surface area contributed by atoms with Gasteiger partial charge in [-0.15, -0.1) is 0 Å². The molecular formula is C16H17BrFNO. The minimum atomic E-state index is -0.314. The summed E-state index contributed by atoms with van der Waals surface area (Å²) in [5, 5.41) is 0. The Labute approximate surface area is 126 Å². The number of methoxy groups -OCH3 is 1. The molecule has 2 aromatic rings. The minimum absolute atomic E-state index is 0.244. The lowest BCUT2D eigenvalue weighted by Gasteiger charge is -2.23. The van der Waals surface area contributed by atoms with Crippen molar-refractivity contribution in [3.05, 3.63) is 69.9 Å². The van der Waals surface area contributed by atoms with Crippen LogP contribution >= 0.6 is 15.9 Å². The van der Waals surface area contributed by atoms with Crippen LogP contribution in [0, 0.1) is 5.82 Å². The van der Waals surface area contributed by atoms with Crippen LogP contribution in [-0.4, -0.2) is 13.2 Å². The van der Waals surface area contributed by atoms with Crippen LogP contribution in [0.4, 0.5) is 4.39 Å². The second kappa shape index (κ2) is 6.97. The zero-order valence-corrected chi connectivity index (χ0v) is 12.8. The molecule has 2 nitrogen and oxygen atoms in total. The van der Waals surface area contributed by atoms with E-state index in [1.54, 1.807) is 19.2 Å². The number of benzene rings is 2. The molecule has 0 aliphatic heterocycles. The molecule has 0 spiro atoms. The van der Waals surface area contributed by atoms with Crippen molar-refractivity contribution in [2.45, 2.75) is 18.6 Å². The molecule has 0 bridgehead atoms. The van der Waals surface area contributed by atoms with Gasteiger partial charge in [0.25, 0.3) is 0 Å². The van der Waals surface area contributed by atoms with Gasteiger partial charge in [0.2, 0.25) is 0 Å². The first-order valence-electron chi connectivity index (χ1n) is 6.39. The molecule has 0 fully saturated rings. The summed E-state index contributed by atoms with van der Waals surface area (Å²) in [5.74, 6) is -0.244. The number of hydrogen-bond acceptors (Lipinski definition) is 2. The number of ether oxygens (including phenoxy) is 1. The molecule has 0 aliphatic carbocycles. The maximum absolute atomic E-state index is 13.8. The van der Waals surface area contributed by atoms with Gasteiger partial charge in [0, 0.05) is 17.6 Å². The van der Waals surface area contributed by atoms with Crippen molar-refractivity contribution in [2.75, 3.05) is 7.11 Å². The van der Waals surface area contributed by atoms with Gasteiger partial charge in [-0.1, -0.05) is 46.3 Å². The van der Waals surface area contributed by atoms with E-state index in [1.807, 2.05) is 30.3 Å². The molecule has 2 rings (SSSR count). The quantitative estimate of drug-likeness (QED) is 0.899. The van der Waals surface area contributed by atoms with Gasteiger partial charge in [0.15, 0.2) is 0 Å². The van der Waals surface area contributed by atoms with Gasteiger partial charge in [-0.2, -0.15) is 0 Å². The lowest BCUT2D eigenvalue weighted by Crippen LogP contribution is -2.32. The topological polar surface area (TPSA) is 35.2 Å². The van der Waals surface area contributed by atoms with Crippen LogP contribution in [0.1, 0.15) is 17.2 Å². The molecule has 0 aromatic heterocycles. The first-order chi connectivity index (χ1) is 9.61. The molecule has 2 atom stereocenters. The number of halogens is 2. The molecule has 4 heteroatoms. The minimum Gasteiger partial charge on any atom is -0.375 e. The van der Waals surface area contributed by atoms with Crippen LogP contribution in [-0.2, 0) is 11.2 Å². The summed E-state index contributed by atoms with van der Waals surface area (Å²) >= 11 is 3.35. The lowest BCUT2D eigenvalue weighted by atomic mass is 9.96. The predicted octanol–water partition coefficient (Wildman–Crippen LogP) is 3.85. The van der Waals surface area contributed by atoms with E-state index in [-0.39, 0.29) is 18.0 Å². The Morgan fingerprint density at radius 3 is 2.55 bits per heavy atom. The van der Waals surface area contributed by atoms with Gasteiger partial charge in [0.1, 0.15) is 5.82 Å².